The van der Waals surface area contributed by atoms with Gasteiger partial charge in [0.05, 0.1) is 25.2 Å². The van der Waals surface area contributed by atoms with E-state index in [1.807, 2.05) is 6.92 Å². The fraction of sp³-hybridized carbons (Fsp3) is 0.889. The largest absolute Gasteiger partial charge is 0.390 e. The number of rotatable bonds is 4. The number of aliphatic hydroxyl groups excluding tert-OH is 1. The first kappa shape index (κ1) is 12.3. The molecule has 2 atom stereocenters. The second-order valence-electron chi connectivity index (χ2n) is 3.81. The summed E-state index contributed by atoms with van der Waals surface area (Å²) >= 11 is 0. The highest BCUT2D eigenvalue weighted by atomic mass is 19.3. The van der Waals surface area contributed by atoms with Crippen LogP contribution in [0.25, 0.3) is 0 Å². The standard InChI is InChI=1S/C9H15F2NO3/c1-6-2-7(3-15-6)8(14)12-4-9(10,11)5-13/h6-7,13H,2-5H2,1H3,(H,12,14). The van der Waals surface area contributed by atoms with Crippen LogP contribution in [-0.2, 0) is 9.53 Å². The molecule has 4 nitrogen and oxygen atoms in total. The molecule has 1 heterocycles. The Balaban J connectivity index is 2.30. The smallest absolute Gasteiger partial charge is 0.287 e. The van der Waals surface area contributed by atoms with Crippen LogP contribution in [-0.4, -0.2) is 42.8 Å². The second-order valence-corrected chi connectivity index (χ2v) is 3.81. The van der Waals surface area contributed by atoms with Crippen molar-refractivity contribution in [3.05, 3.63) is 0 Å². The number of nitrogens with one attached hydrogen (secondary N) is 1. The van der Waals surface area contributed by atoms with Crippen molar-refractivity contribution in [3.63, 3.8) is 0 Å². The lowest BCUT2D eigenvalue weighted by atomic mass is 10.1. The van der Waals surface area contributed by atoms with Crippen LogP contribution in [0.2, 0.25) is 0 Å². The maximum Gasteiger partial charge on any atom is 0.287 e. The van der Waals surface area contributed by atoms with Crippen LogP contribution in [0.3, 0.4) is 0 Å². The van der Waals surface area contributed by atoms with E-state index in [4.69, 9.17) is 9.84 Å². The third-order valence-corrected chi connectivity index (χ3v) is 2.32. The maximum absolute atomic E-state index is 12.6. The van der Waals surface area contributed by atoms with Crippen LogP contribution in [0.4, 0.5) is 8.78 Å². The van der Waals surface area contributed by atoms with Gasteiger partial charge in [-0.15, -0.1) is 0 Å². The molecule has 2 unspecified atom stereocenters. The van der Waals surface area contributed by atoms with E-state index in [1.54, 1.807) is 0 Å². The summed E-state index contributed by atoms with van der Waals surface area (Å²) in [5.41, 5.74) is 0. The van der Waals surface area contributed by atoms with Gasteiger partial charge < -0.3 is 15.2 Å². The van der Waals surface area contributed by atoms with Crippen molar-refractivity contribution in [2.24, 2.45) is 5.92 Å². The lowest BCUT2D eigenvalue weighted by molar-refractivity contribution is -0.127. The molecule has 1 amide bonds. The third-order valence-electron chi connectivity index (χ3n) is 2.32. The molecule has 1 aliphatic heterocycles. The van der Waals surface area contributed by atoms with Gasteiger partial charge in [-0.1, -0.05) is 0 Å². The highest BCUT2D eigenvalue weighted by Gasteiger charge is 2.32. The highest BCUT2D eigenvalue weighted by molar-refractivity contribution is 5.79. The number of carbonyl (C=O) groups is 1. The molecule has 0 spiro atoms. The first-order valence-corrected chi connectivity index (χ1v) is 4.82. The van der Waals surface area contributed by atoms with Crippen molar-refractivity contribution in [2.45, 2.75) is 25.4 Å². The second kappa shape index (κ2) is 4.85. The van der Waals surface area contributed by atoms with Gasteiger partial charge in [-0.25, -0.2) is 8.78 Å². The molecule has 1 aliphatic rings. The van der Waals surface area contributed by atoms with E-state index in [0.717, 1.165) is 0 Å². The average molecular weight is 223 g/mol. The molecule has 2 N–H and O–H groups in total. The zero-order valence-corrected chi connectivity index (χ0v) is 8.50. The minimum Gasteiger partial charge on any atom is -0.390 e. The summed E-state index contributed by atoms with van der Waals surface area (Å²) in [5, 5.41) is 10.4. The summed E-state index contributed by atoms with van der Waals surface area (Å²) in [5.74, 6) is -4.04. The topological polar surface area (TPSA) is 58.6 Å². The SMILES string of the molecule is CC1CC(C(=O)NCC(F)(F)CO)CO1. The Morgan fingerprint density at radius 3 is 2.80 bits per heavy atom. The van der Waals surface area contributed by atoms with Gasteiger partial charge in [-0.05, 0) is 13.3 Å². The van der Waals surface area contributed by atoms with E-state index in [1.165, 1.54) is 0 Å². The first-order valence-electron chi connectivity index (χ1n) is 4.82. The van der Waals surface area contributed by atoms with Crippen LogP contribution < -0.4 is 5.32 Å². The molecule has 0 aromatic carbocycles. The van der Waals surface area contributed by atoms with Crippen LogP contribution >= 0.6 is 0 Å². The van der Waals surface area contributed by atoms with Crippen LogP contribution in [0.5, 0.6) is 0 Å². The van der Waals surface area contributed by atoms with E-state index in [0.29, 0.717) is 6.42 Å². The van der Waals surface area contributed by atoms with Crippen LogP contribution in [0.15, 0.2) is 0 Å². The minimum atomic E-state index is -3.25. The van der Waals surface area contributed by atoms with Gasteiger partial charge in [0.2, 0.25) is 5.91 Å². The lowest BCUT2D eigenvalue weighted by Crippen LogP contribution is -2.41. The normalized spacial score (nSPS) is 26.7. The molecule has 0 radical (unpaired) electrons. The van der Waals surface area contributed by atoms with Crippen molar-refractivity contribution >= 4 is 5.91 Å². The van der Waals surface area contributed by atoms with Crippen LogP contribution in [0, 0.1) is 5.92 Å². The molecule has 0 aromatic heterocycles. The van der Waals surface area contributed by atoms with Crippen molar-refractivity contribution in [3.8, 4) is 0 Å². The zero-order chi connectivity index (χ0) is 11.5. The number of halogens is 2. The van der Waals surface area contributed by atoms with Crippen LogP contribution in [0.1, 0.15) is 13.3 Å². The van der Waals surface area contributed by atoms with E-state index in [9.17, 15) is 13.6 Å². The molecule has 0 aliphatic carbocycles. The third kappa shape index (κ3) is 3.71. The summed E-state index contributed by atoms with van der Waals surface area (Å²) in [6.07, 6.45) is 0.551. The van der Waals surface area contributed by atoms with Crippen molar-refractivity contribution in [1.29, 1.82) is 0 Å². The molecular formula is C9H15F2NO3. The lowest BCUT2D eigenvalue weighted by Gasteiger charge is -2.15. The van der Waals surface area contributed by atoms with Crippen molar-refractivity contribution in [2.75, 3.05) is 19.8 Å². The molecule has 15 heavy (non-hydrogen) atoms. The number of alkyl halides is 2. The molecule has 0 saturated carbocycles. The fourth-order valence-electron chi connectivity index (χ4n) is 1.42. The minimum absolute atomic E-state index is 0.000831. The summed E-state index contributed by atoms with van der Waals surface area (Å²) in [6.45, 7) is 0.0192. The number of amides is 1. The molecule has 1 saturated heterocycles. The summed E-state index contributed by atoms with van der Waals surface area (Å²) in [6, 6.07) is 0. The zero-order valence-electron chi connectivity index (χ0n) is 8.50. The summed E-state index contributed by atoms with van der Waals surface area (Å²) in [4.78, 5) is 11.3. The Bertz CT molecular complexity index is 235. The van der Waals surface area contributed by atoms with Crippen molar-refractivity contribution < 1.29 is 23.4 Å². The molecule has 0 bridgehead atoms. The Labute approximate surface area is 86.6 Å². The Hall–Kier alpha value is -0.750. The van der Waals surface area contributed by atoms with Gasteiger partial charge in [-0.3, -0.25) is 4.79 Å². The highest BCUT2D eigenvalue weighted by Crippen LogP contribution is 2.19. The molecule has 88 valence electrons. The molecule has 6 heteroatoms. The quantitative estimate of drug-likeness (QED) is 0.713. The van der Waals surface area contributed by atoms with Gasteiger partial charge in [0.1, 0.15) is 6.61 Å². The number of hydrogen-bond donors (Lipinski definition) is 2. The predicted octanol–water partition coefficient (Wildman–Crippen LogP) is 0.155. The van der Waals surface area contributed by atoms with E-state index in [2.05, 4.69) is 5.32 Å². The number of hydrogen-bond acceptors (Lipinski definition) is 3. The molecule has 1 rings (SSSR count). The fourth-order valence-corrected chi connectivity index (χ4v) is 1.42. The van der Waals surface area contributed by atoms with Gasteiger partial charge in [0.25, 0.3) is 5.92 Å². The first-order chi connectivity index (χ1) is 6.94. The maximum atomic E-state index is 12.6. The summed E-state index contributed by atoms with van der Waals surface area (Å²) < 4.78 is 30.3. The van der Waals surface area contributed by atoms with Crippen molar-refractivity contribution in [1.82, 2.24) is 5.32 Å². The number of ether oxygens (including phenoxy) is 1. The molecular weight excluding hydrogens is 208 g/mol. The average Bonchev–Trinajstić information content (AvgIpc) is 2.61. The van der Waals surface area contributed by atoms with Gasteiger partial charge in [-0.2, -0.15) is 0 Å². The van der Waals surface area contributed by atoms with Gasteiger partial charge in [0.15, 0.2) is 0 Å². The van der Waals surface area contributed by atoms with Gasteiger partial charge in [0, 0.05) is 0 Å². The molecule has 1 fully saturated rings. The van der Waals surface area contributed by atoms with E-state index in [-0.39, 0.29) is 18.6 Å². The number of carbonyl (C=O) groups excluding carboxylic acids is 1. The predicted molar refractivity (Wildman–Crippen MR) is 48.6 cm³/mol. The molecule has 0 aromatic rings. The van der Waals surface area contributed by atoms with E-state index < -0.39 is 25.0 Å². The monoisotopic (exact) mass is 223 g/mol. The summed E-state index contributed by atoms with van der Waals surface area (Å²) in [7, 11) is 0. The Kier molecular flexibility index (Phi) is 3.98. The Morgan fingerprint density at radius 1 is 1.67 bits per heavy atom. The van der Waals surface area contributed by atoms with E-state index >= 15 is 0 Å². The van der Waals surface area contributed by atoms with Gasteiger partial charge >= 0.3 is 0 Å². The Morgan fingerprint density at radius 2 is 2.33 bits per heavy atom. The number of aliphatic hydroxyl groups is 1.